The van der Waals surface area contributed by atoms with Gasteiger partial charge >= 0.3 is 12.1 Å². The lowest BCUT2D eigenvalue weighted by Gasteiger charge is -2.06. The number of ether oxygens (including phenoxy) is 1. The summed E-state index contributed by atoms with van der Waals surface area (Å²) in [4.78, 5) is 30.8. The molecule has 2 aromatic carbocycles. The van der Waals surface area contributed by atoms with E-state index in [0.29, 0.717) is 16.5 Å². The molecule has 0 saturated heterocycles. The Morgan fingerprint density at radius 2 is 1.83 bits per heavy atom. The maximum Gasteiger partial charge on any atom is 0.416 e. The van der Waals surface area contributed by atoms with E-state index >= 15 is 0 Å². The molecule has 10 heteroatoms. The highest BCUT2D eigenvalue weighted by atomic mass is 19.4. The van der Waals surface area contributed by atoms with E-state index in [1.165, 1.54) is 12.1 Å². The number of hydrogen-bond donors (Lipinski definition) is 1. The number of nitrogens with zero attached hydrogens (tertiary/aromatic N) is 2. The van der Waals surface area contributed by atoms with Crippen LogP contribution in [0, 0.1) is 0 Å². The molecule has 2 heterocycles. The van der Waals surface area contributed by atoms with Crippen LogP contribution in [0.1, 0.15) is 21.8 Å². The number of hydrogen-bond acceptors (Lipinski definition) is 6. The van der Waals surface area contributed by atoms with E-state index in [0.717, 1.165) is 18.2 Å². The summed E-state index contributed by atoms with van der Waals surface area (Å²) in [6.07, 6.45) is -4.45. The summed E-state index contributed by atoms with van der Waals surface area (Å²) >= 11 is 0. The maximum atomic E-state index is 12.6. The number of halogens is 3. The molecule has 2 aromatic heterocycles. The van der Waals surface area contributed by atoms with Crippen molar-refractivity contribution in [1.82, 2.24) is 15.1 Å². The zero-order valence-corrected chi connectivity index (χ0v) is 15.1. The van der Waals surface area contributed by atoms with Crippen molar-refractivity contribution in [3.63, 3.8) is 0 Å². The van der Waals surface area contributed by atoms with Crippen molar-refractivity contribution >= 4 is 16.9 Å². The Balaban J connectivity index is 1.49. The Kier molecular flexibility index (Phi) is 4.82. The molecular weight excluding hydrogens is 403 g/mol. The quantitative estimate of drug-likeness (QED) is 0.507. The maximum absolute atomic E-state index is 12.6. The molecule has 0 aliphatic carbocycles. The fourth-order valence-corrected chi connectivity index (χ4v) is 2.82. The third-order valence-electron chi connectivity index (χ3n) is 4.24. The zero-order chi connectivity index (χ0) is 21.3. The van der Waals surface area contributed by atoms with Gasteiger partial charge in [-0.05, 0) is 18.2 Å². The van der Waals surface area contributed by atoms with Crippen LogP contribution in [-0.2, 0) is 17.5 Å². The standard InChI is InChI=1S/C20H12F3N3O4/c21-20(22,23)12-7-5-11(6-8-12)18-25-17(30-26-18)10-29-19(28)14-9-16(27)24-15-4-2-1-3-13(14)15/h1-9H,10H2,(H,24,27). The third kappa shape index (κ3) is 3.93. The van der Waals surface area contributed by atoms with E-state index < -0.39 is 23.3 Å². The molecule has 0 unspecified atom stereocenters. The number of rotatable bonds is 4. The van der Waals surface area contributed by atoms with Gasteiger partial charge in [-0.2, -0.15) is 18.2 Å². The van der Waals surface area contributed by atoms with E-state index in [4.69, 9.17) is 9.26 Å². The molecule has 30 heavy (non-hydrogen) atoms. The van der Waals surface area contributed by atoms with Crippen LogP contribution in [0.15, 0.2) is 63.9 Å². The molecule has 152 valence electrons. The van der Waals surface area contributed by atoms with E-state index in [-0.39, 0.29) is 23.9 Å². The second kappa shape index (κ2) is 7.47. The first-order chi connectivity index (χ1) is 14.3. The molecule has 1 N–H and O–H groups in total. The summed E-state index contributed by atoms with van der Waals surface area (Å²) in [7, 11) is 0. The minimum Gasteiger partial charge on any atom is -0.452 e. The number of pyridine rings is 1. The number of nitrogens with one attached hydrogen (secondary N) is 1. The summed E-state index contributed by atoms with van der Waals surface area (Å²) < 4.78 is 48.1. The van der Waals surface area contributed by atoms with Gasteiger partial charge in [-0.1, -0.05) is 35.5 Å². The van der Waals surface area contributed by atoms with Crippen LogP contribution in [0.4, 0.5) is 13.2 Å². The summed E-state index contributed by atoms with van der Waals surface area (Å²) in [6.45, 7) is -0.367. The SMILES string of the molecule is O=C(OCc1nc(-c2ccc(C(F)(F)F)cc2)no1)c1cc(=O)[nH]c2ccccc12. The van der Waals surface area contributed by atoms with E-state index in [2.05, 4.69) is 15.1 Å². The van der Waals surface area contributed by atoms with Gasteiger partial charge in [0.25, 0.3) is 5.89 Å². The van der Waals surface area contributed by atoms with Gasteiger partial charge in [0.1, 0.15) is 0 Å². The predicted molar refractivity (Wildman–Crippen MR) is 98.4 cm³/mol. The molecule has 4 aromatic rings. The first-order valence-corrected chi connectivity index (χ1v) is 8.61. The van der Waals surface area contributed by atoms with Crippen molar-refractivity contribution < 1.29 is 27.2 Å². The lowest BCUT2D eigenvalue weighted by atomic mass is 10.1. The van der Waals surface area contributed by atoms with Crippen molar-refractivity contribution in [1.29, 1.82) is 0 Å². The van der Waals surface area contributed by atoms with Crippen molar-refractivity contribution in [2.24, 2.45) is 0 Å². The second-order valence-electron chi connectivity index (χ2n) is 6.26. The minimum atomic E-state index is -4.45. The second-order valence-corrected chi connectivity index (χ2v) is 6.26. The number of aromatic amines is 1. The Hall–Kier alpha value is -3.95. The molecule has 0 amide bonds. The number of aromatic nitrogens is 3. The van der Waals surface area contributed by atoms with Crippen molar-refractivity contribution in [3.05, 3.63) is 82.0 Å². The summed E-state index contributed by atoms with van der Waals surface area (Å²) in [6, 6.07) is 12.1. The van der Waals surface area contributed by atoms with Crippen molar-refractivity contribution in [2.75, 3.05) is 0 Å². The van der Waals surface area contributed by atoms with Gasteiger partial charge < -0.3 is 14.2 Å². The van der Waals surface area contributed by atoms with Crippen molar-refractivity contribution in [3.8, 4) is 11.4 Å². The molecule has 4 rings (SSSR count). The lowest BCUT2D eigenvalue weighted by Crippen LogP contribution is -2.13. The van der Waals surface area contributed by atoms with Gasteiger partial charge in [-0.15, -0.1) is 0 Å². The monoisotopic (exact) mass is 415 g/mol. The zero-order valence-electron chi connectivity index (χ0n) is 15.1. The van der Waals surface area contributed by atoms with Crippen LogP contribution in [0.2, 0.25) is 0 Å². The smallest absolute Gasteiger partial charge is 0.416 e. The van der Waals surface area contributed by atoms with Crippen LogP contribution in [0.5, 0.6) is 0 Å². The third-order valence-corrected chi connectivity index (χ3v) is 4.24. The van der Waals surface area contributed by atoms with E-state index in [1.54, 1.807) is 24.3 Å². The Morgan fingerprint density at radius 1 is 1.10 bits per heavy atom. The number of benzene rings is 2. The fraction of sp³-hybridized carbons (Fsp3) is 0.100. The van der Waals surface area contributed by atoms with E-state index in [1.807, 2.05) is 0 Å². The number of esters is 1. The molecule has 0 atom stereocenters. The van der Waals surface area contributed by atoms with Gasteiger partial charge in [0.2, 0.25) is 11.4 Å². The fourth-order valence-electron chi connectivity index (χ4n) is 2.82. The minimum absolute atomic E-state index is 0.0487. The largest absolute Gasteiger partial charge is 0.452 e. The van der Waals surface area contributed by atoms with Gasteiger partial charge in [0, 0.05) is 22.5 Å². The number of carbonyl (C=O) groups is 1. The number of fused-ring (bicyclic) bond motifs is 1. The van der Waals surface area contributed by atoms with Crippen LogP contribution >= 0.6 is 0 Å². The van der Waals surface area contributed by atoms with E-state index in [9.17, 15) is 22.8 Å². The Bertz CT molecular complexity index is 1280. The summed E-state index contributed by atoms with van der Waals surface area (Å²) in [5.74, 6) is -0.754. The van der Waals surface area contributed by atoms with Crippen LogP contribution in [0.25, 0.3) is 22.3 Å². The van der Waals surface area contributed by atoms with Crippen LogP contribution in [-0.4, -0.2) is 21.1 Å². The highest BCUT2D eigenvalue weighted by Crippen LogP contribution is 2.30. The average molecular weight is 415 g/mol. The summed E-state index contributed by atoms with van der Waals surface area (Å²) in [5.41, 5.74) is -0.377. The highest BCUT2D eigenvalue weighted by Gasteiger charge is 2.30. The normalized spacial score (nSPS) is 11.6. The highest BCUT2D eigenvalue weighted by molar-refractivity contribution is 6.03. The molecule has 0 fully saturated rings. The molecular formula is C20H12F3N3O4. The molecule has 0 bridgehead atoms. The number of carbonyl (C=O) groups excluding carboxylic acids is 1. The number of H-pyrrole nitrogens is 1. The predicted octanol–water partition coefficient (Wildman–Crippen LogP) is 3.95. The Labute approximate surface area is 166 Å². The van der Waals surface area contributed by atoms with Gasteiger partial charge in [0.15, 0.2) is 6.61 Å². The Morgan fingerprint density at radius 3 is 2.57 bits per heavy atom. The number of para-hydroxylation sites is 1. The average Bonchev–Trinajstić information content (AvgIpc) is 3.20. The van der Waals surface area contributed by atoms with Gasteiger partial charge in [-0.25, -0.2) is 4.79 Å². The van der Waals surface area contributed by atoms with Gasteiger partial charge in [0.05, 0.1) is 11.1 Å². The molecule has 0 saturated carbocycles. The summed E-state index contributed by atoms with van der Waals surface area (Å²) in [5, 5.41) is 4.19. The molecule has 0 spiro atoms. The van der Waals surface area contributed by atoms with Crippen molar-refractivity contribution in [2.45, 2.75) is 12.8 Å². The first kappa shape index (κ1) is 19.4. The lowest BCUT2D eigenvalue weighted by molar-refractivity contribution is -0.137. The molecule has 0 aliphatic heterocycles. The molecule has 7 nitrogen and oxygen atoms in total. The van der Waals surface area contributed by atoms with Crippen LogP contribution < -0.4 is 5.56 Å². The van der Waals surface area contributed by atoms with Crippen LogP contribution in [0.3, 0.4) is 0 Å². The first-order valence-electron chi connectivity index (χ1n) is 8.61. The topological polar surface area (TPSA) is 98.1 Å². The molecule has 0 aliphatic rings. The van der Waals surface area contributed by atoms with Gasteiger partial charge in [-0.3, -0.25) is 4.79 Å². The number of alkyl halides is 3. The molecule has 0 radical (unpaired) electrons.